The van der Waals surface area contributed by atoms with Gasteiger partial charge in [-0.2, -0.15) is 0 Å². The highest BCUT2D eigenvalue weighted by atomic mass is 32.1. The van der Waals surface area contributed by atoms with Crippen LogP contribution in [0.2, 0.25) is 0 Å². The van der Waals surface area contributed by atoms with Gasteiger partial charge >= 0.3 is 0 Å². The van der Waals surface area contributed by atoms with Crippen LogP contribution in [-0.2, 0) is 11.2 Å². The maximum Gasteiger partial charge on any atom is 0.227 e. The average molecular weight is 382 g/mol. The summed E-state index contributed by atoms with van der Waals surface area (Å²) in [6, 6.07) is 14.2. The largest absolute Gasteiger partial charge is 0.494 e. The number of aryl methyl sites for hydroxylation is 1. The van der Waals surface area contributed by atoms with E-state index in [9.17, 15) is 4.79 Å². The number of carbonyl (C=O) groups excluding carboxylic acids is 1. The van der Waals surface area contributed by atoms with Gasteiger partial charge in [0.15, 0.2) is 5.13 Å². The first-order chi connectivity index (χ1) is 13.1. The summed E-state index contributed by atoms with van der Waals surface area (Å²) in [5.41, 5.74) is 3.21. The van der Waals surface area contributed by atoms with E-state index in [-0.39, 0.29) is 5.91 Å². The molecule has 1 amide bonds. The molecule has 1 aliphatic heterocycles. The van der Waals surface area contributed by atoms with Crippen molar-refractivity contribution in [3.05, 3.63) is 53.6 Å². The minimum atomic E-state index is 0.199. The van der Waals surface area contributed by atoms with Crippen molar-refractivity contribution in [1.29, 1.82) is 0 Å². The van der Waals surface area contributed by atoms with Gasteiger partial charge in [-0.05, 0) is 24.6 Å². The number of ether oxygens (including phenoxy) is 1. The highest BCUT2D eigenvalue weighted by molar-refractivity contribution is 7.22. The van der Waals surface area contributed by atoms with Crippen LogP contribution in [0.25, 0.3) is 10.2 Å². The van der Waals surface area contributed by atoms with E-state index in [4.69, 9.17) is 9.72 Å². The maximum absolute atomic E-state index is 12.6. The number of rotatable bonds is 4. The van der Waals surface area contributed by atoms with Crippen molar-refractivity contribution in [1.82, 2.24) is 9.88 Å². The van der Waals surface area contributed by atoms with Gasteiger partial charge in [0, 0.05) is 26.2 Å². The molecule has 0 unspecified atom stereocenters. The van der Waals surface area contributed by atoms with Gasteiger partial charge in [0.05, 0.1) is 18.2 Å². The van der Waals surface area contributed by atoms with Crippen LogP contribution >= 0.6 is 11.3 Å². The minimum Gasteiger partial charge on any atom is -0.494 e. The summed E-state index contributed by atoms with van der Waals surface area (Å²) in [5.74, 6) is 1.01. The van der Waals surface area contributed by atoms with E-state index in [1.807, 2.05) is 29.2 Å². The SMILES string of the molecule is COc1cccc2sc(N3CCN(C(=O)Cc4ccc(C)cc4)CC3)nc12. The van der Waals surface area contributed by atoms with Crippen LogP contribution in [0.5, 0.6) is 5.75 Å². The van der Waals surface area contributed by atoms with E-state index < -0.39 is 0 Å². The van der Waals surface area contributed by atoms with Gasteiger partial charge in [-0.3, -0.25) is 4.79 Å². The fraction of sp³-hybridized carbons (Fsp3) is 0.333. The Morgan fingerprint density at radius 1 is 1.11 bits per heavy atom. The van der Waals surface area contributed by atoms with Gasteiger partial charge in [-0.25, -0.2) is 4.98 Å². The molecule has 0 bridgehead atoms. The molecule has 1 aliphatic rings. The number of hydrogen-bond donors (Lipinski definition) is 0. The average Bonchev–Trinajstić information content (AvgIpc) is 3.14. The van der Waals surface area contributed by atoms with Crippen LogP contribution in [0.3, 0.4) is 0 Å². The van der Waals surface area contributed by atoms with Crippen LogP contribution in [-0.4, -0.2) is 49.1 Å². The van der Waals surface area contributed by atoms with Gasteiger partial charge in [0.1, 0.15) is 11.3 Å². The smallest absolute Gasteiger partial charge is 0.227 e. The first-order valence-electron chi connectivity index (χ1n) is 9.16. The number of fused-ring (bicyclic) bond motifs is 1. The number of hydrogen-bond acceptors (Lipinski definition) is 5. The third-order valence-corrected chi connectivity index (χ3v) is 6.05. The van der Waals surface area contributed by atoms with Crippen molar-refractivity contribution in [3.63, 3.8) is 0 Å². The number of para-hydroxylation sites is 1. The predicted octanol–water partition coefficient (Wildman–Crippen LogP) is 3.50. The van der Waals surface area contributed by atoms with E-state index in [1.165, 1.54) is 5.56 Å². The van der Waals surface area contributed by atoms with Crippen LogP contribution in [0.1, 0.15) is 11.1 Å². The van der Waals surface area contributed by atoms with Gasteiger partial charge in [0.25, 0.3) is 0 Å². The highest BCUT2D eigenvalue weighted by Gasteiger charge is 2.23. The number of aromatic nitrogens is 1. The van der Waals surface area contributed by atoms with Gasteiger partial charge in [0.2, 0.25) is 5.91 Å². The zero-order valence-corrected chi connectivity index (χ0v) is 16.5. The highest BCUT2D eigenvalue weighted by Crippen LogP contribution is 2.34. The molecule has 0 atom stereocenters. The third kappa shape index (κ3) is 3.76. The normalized spacial score (nSPS) is 14.6. The molecule has 1 aromatic heterocycles. The maximum atomic E-state index is 12.6. The molecule has 5 nitrogen and oxygen atoms in total. The standard InChI is InChI=1S/C21H23N3O2S/c1-15-6-8-16(9-7-15)14-19(25)23-10-12-24(13-11-23)21-22-20-17(26-2)4-3-5-18(20)27-21/h3-9H,10-14H2,1-2H3. The molecule has 27 heavy (non-hydrogen) atoms. The topological polar surface area (TPSA) is 45.7 Å². The molecular weight excluding hydrogens is 358 g/mol. The number of amides is 1. The minimum absolute atomic E-state index is 0.199. The fourth-order valence-electron chi connectivity index (χ4n) is 3.35. The zero-order chi connectivity index (χ0) is 18.8. The van der Waals surface area contributed by atoms with Crippen LogP contribution in [0, 0.1) is 6.92 Å². The second-order valence-electron chi connectivity index (χ2n) is 6.83. The second-order valence-corrected chi connectivity index (χ2v) is 7.84. The lowest BCUT2D eigenvalue weighted by Gasteiger charge is -2.34. The Balaban J connectivity index is 1.40. The zero-order valence-electron chi connectivity index (χ0n) is 15.6. The molecule has 0 spiro atoms. The van der Waals surface area contributed by atoms with E-state index in [0.29, 0.717) is 6.42 Å². The number of nitrogens with zero attached hydrogens (tertiary/aromatic N) is 3. The molecule has 3 aromatic rings. The summed E-state index contributed by atoms with van der Waals surface area (Å²) >= 11 is 1.68. The van der Waals surface area contributed by atoms with Crippen LogP contribution in [0.15, 0.2) is 42.5 Å². The number of piperazine rings is 1. The summed E-state index contributed by atoms with van der Waals surface area (Å²) in [5, 5.41) is 1.00. The van der Waals surface area contributed by atoms with Gasteiger partial charge < -0.3 is 14.5 Å². The van der Waals surface area contributed by atoms with Crippen molar-refractivity contribution in [2.45, 2.75) is 13.3 Å². The number of thiazole rings is 1. The Labute approximate surface area is 163 Å². The lowest BCUT2D eigenvalue weighted by atomic mass is 10.1. The molecule has 1 fully saturated rings. The first-order valence-corrected chi connectivity index (χ1v) is 9.97. The monoisotopic (exact) mass is 381 g/mol. The molecule has 140 valence electrons. The molecule has 1 saturated heterocycles. The van der Waals surface area contributed by atoms with Crippen molar-refractivity contribution in [2.24, 2.45) is 0 Å². The summed E-state index contributed by atoms with van der Waals surface area (Å²) in [6.45, 7) is 5.14. The van der Waals surface area contributed by atoms with Crippen molar-refractivity contribution in [2.75, 3.05) is 38.2 Å². The van der Waals surface area contributed by atoms with Crippen LogP contribution in [0.4, 0.5) is 5.13 Å². The second kappa shape index (κ2) is 7.56. The molecular formula is C21H23N3O2S. The Hall–Kier alpha value is -2.60. The quantitative estimate of drug-likeness (QED) is 0.694. The fourth-order valence-corrected chi connectivity index (χ4v) is 4.39. The summed E-state index contributed by atoms with van der Waals surface area (Å²) in [6.07, 6.45) is 0.471. The number of carbonyl (C=O) groups is 1. The Bertz CT molecular complexity index is 944. The predicted molar refractivity (Wildman–Crippen MR) is 110 cm³/mol. The summed E-state index contributed by atoms with van der Waals surface area (Å²) < 4.78 is 6.54. The lowest BCUT2D eigenvalue weighted by molar-refractivity contribution is -0.130. The van der Waals surface area contributed by atoms with Crippen LogP contribution < -0.4 is 9.64 Å². The summed E-state index contributed by atoms with van der Waals surface area (Å²) in [4.78, 5) is 21.6. The van der Waals surface area contributed by atoms with E-state index >= 15 is 0 Å². The molecule has 0 N–H and O–H groups in total. The Kier molecular flexibility index (Phi) is 4.99. The number of anilines is 1. The molecule has 6 heteroatoms. The third-order valence-electron chi connectivity index (χ3n) is 4.97. The van der Waals surface area contributed by atoms with E-state index in [0.717, 1.165) is 52.8 Å². The van der Waals surface area contributed by atoms with Gasteiger partial charge in [-0.1, -0.05) is 47.2 Å². The molecule has 4 rings (SSSR count). The van der Waals surface area contributed by atoms with E-state index in [1.54, 1.807) is 18.4 Å². The molecule has 0 aliphatic carbocycles. The lowest BCUT2D eigenvalue weighted by Crippen LogP contribution is -2.49. The van der Waals surface area contributed by atoms with Gasteiger partial charge in [-0.15, -0.1) is 0 Å². The molecule has 0 saturated carbocycles. The molecule has 2 aromatic carbocycles. The van der Waals surface area contributed by atoms with Crippen molar-refractivity contribution >= 4 is 32.6 Å². The number of benzene rings is 2. The van der Waals surface area contributed by atoms with E-state index in [2.05, 4.69) is 30.0 Å². The Morgan fingerprint density at radius 3 is 2.56 bits per heavy atom. The number of methoxy groups -OCH3 is 1. The molecule has 2 heterocycles. The van der Waals surface area contributed by atoms with Crippen molar-refractivity contribution in [3.8, 4) is 5.75 Å². The van der Waals surface area contributed by atoms with Crippen molar-refractivity contribution < 1.29 is 9.53 Å². The first kappa shape index (κ1) is 17.8. The Morgan fingerprint density at radius 2 is 1.85 bits per heavy atom. The molecule has 0 radical (unpaired) electrons. The summed E-state index contributed by atoms with van der Waals surface area (Å²) in [7, 11) is 1.67.